The predicted octanol–water partition coefficient (Wildman–Crippen LogP) is 3.72. The summed E-state index contributed by atoms with van der Waals surface area (Å²) in [5.41, 5.74) is -1.16. The Hall–Kier alpha value is -1.78. The van der Waals surface area contributed by atoms with Crippen molar-refractivity contribution in [3.05, 3.63) is 29.8 Å². The number of carbonyl (C=O) groups is 1. The van der Waals surface area contributed by atoms with Crippen molar-refractivity contribution in [1.82, 2.24) is 5.32 Å². The number of amides is 1. The van der Waals surface area contributed by atoms with E-state index in [0.717, 1.165) is 26.0 Å². The number of sulfone groups is 1. The van der Waals surface area contributed by atoms with Crippen LogP contribution in [0.5, 0.6) is 0 Å². The molecule has 0 radical (unpaired) electrons. The Morgan fingerprint density at radius 3 is 2.15 bits per heavy atom. The van der Waals surface area contributed by atoms with E-state index >= 15 is 0 Å². The number of carbonyl (C=O) groups excluding carboxylic acids is 1. The highest BCUT2D eigenvalue weighted by molar-refractivity contribution is 7.92. The highest BCUT2D eigenvalue weighted by Gasteiger charge is 2.39. The highest BCUT2D eigenvalue weighted by Crippen LogP contribution is 2.34. The van der Waals surface area contributed by atoms with Crippen LogP contribution in [0.1, 0.15) is 32.3 Å². The van der Waals surface area contributed by atoms with Crippen molar-refractivity contribution >= 4 is 15.7 Å². The molecule has 1 aromatic carbocycles. The summed E-state index contributed by atoms with van der Waals surface area (Å²) in [4.78, 5) is 11.1. The second-order valence-corrected chi connectivity index (χ2v) is 8.76. The lowest BCUT2D eigenvalue weighted by Gasteiger charge is -2.25. The summed E-state index contributed by atoms with van der Waals surface area (Å²) >= 11 is 0. The average molecular weight is 405 g/mol. The van der Waals surface area contributed by atoms with Crippen molar-refractivity contribution in [3.63, 3.8) is 0 Å². The molecule has 0 saturated heterocycles. The average Bonchev–Trinajstić information content (AvgIpc) is 2.44. The Labute approximate surface area is 146 Å². The standard InChI is InChI=1S/C15H17F6NO3S/c1-13(2,9-12(23)22-7-6-14(16,17)18)26(24,25)11-5-3-4-10(8-11)15(19,20)21/h3-5,8H,6-7,9H2,1-2H3,(H,22,23). The summed E-state index contributed by atoms with van der Waals surface area (Å²) in [5.74, 6) is -0.949. The number of rotatable bonds is 6. The molecule has 0 bridgehead atoms. The van der Waals surface area contributed by atoms with Gasteiger partial charge in [-0.25, -0.2) is 8.42 Å². The van der Waals surface area contributed by atoms with Gasteiger partial charge in [0.05, 0.1) is 21.6 Å². The molecule has 0 aliphatic heterocycles. The van der Waals surface area contributed by atoms with Crippen molar-refractivity contribution in [2.24, 2.45) is 0 Å². The van der Waals surface area contributed by atoms with E-state index in [9.17, 15) is 39.6 Å². The van der Waals surface area contributed by atoms with E-state index in [0.29, 0.717) is 12.1 Å². The van der Waals surface area contributed by atoms with E-state index in [2.05, 4.69) is 0 Å². The second-order valence-electron chi connectivity index (χ2n) is 6.18. The molecule has 26 heavy (non-hydrogen) atoms. The Bertz CT molecular complexity index is 753. The number of nitrogens with one attached hydrogen (secondary N) is 1. The van der Waals surface area contributed by atoms with Gasteiger partial charge in [0.25, 0.3) is 0 Å². The fourth-order valence-electron chi connectivity index (χ4n) is 2.05. The van der Waals surface area contributed by atoms with Crippen LogP contribution < -0.4 is 5.32 Å². The zero-order valence-corrected chi connectivity index (χ0v) is 14.6. The van der Waals surface area contributed by atoms with Gasteiger partial charge in [-0.2, -0.15) is 26.3 Å². The van der Waals surface area contributed by atoms with Gasteiger partial charge < -0.3 is 5.32 Å². The van der Waals surface area contributed by atoms with Crippen molar-refractivity contribution < 1.29 is 39.6 Å². The first-order chi connectivity index (χ1) is 11.6. The summed E-state index contributed by atoms with van der Waals surface area (Å²) in [7, 11) is -4.35. The predicted molar refractivity (Wildman–Crippen MR) is 81.0 cm³/mol. The molecule has 0 fully saturated rings. The van der Waals surface area contributed by atoms with Crippen LogP contribution in [-0.4, -0.2) is 31.8 Å². The van der Waals surface area contributed by atoms with Gasteiger partial charge in [-0.15, -0.1) is 0 Å². The lowest BCUT2D eigenvalue weighted by molar-refractivity contribution is -0.138. The smallest absolute Gasteiger partial charge is 0.356 e. The van der Waals surface area contributed by atoms with E-state index < -0.39 is 62.7 Å². The molecule has 1 N–H and O–H groups in total. The van der Waals surface area contributed by atoms with E-state index in [-0.39, 0.29) is 0 Å². The largest absolute Gasteiger partial charge is 0.416 e. The van der Waals surface area contributed by atoms with Gasteiger partial charge in [-0.1, -0.05) is 6.07 Å². The van der Waals surface area contributed by atoms with Gasteiger partial charge in [0.15, 0.2) is 9.84 Å². The Morgan fingerprint density at radius 1 is 1.08 bits per heavy atom. The normalized spacial score (nSPS) is 13.5. The zero-order chi connectivity index (χ0) is 20.4. The van der Waals surface area contributed by atoms with E-state index in [1.54, 1.807) is 0 Å². The van der Waals surface area contributed by atoms with E-state index in [1.165, 1.54) is 0 Å². The first kappa shape index (κ1) is 22.3. The van der Waals surface area contributed by atoms with Crippen LogP contribution >= 0.6 is 0 Å². The minimum absolute atomic E-state index is 0.457. The van der Waals surface area contributed by atoms with E-state index in [4.69, 9.17) is 0 Å². The van der Waals surface area contributed by atoms with Gasteiger partial charge in [0, 0.05) is 13.0 Å². The maximum absolute atomic E-state index is 12.7. The van der Waals surface area contributed by atoms with Gasteiger partial charge >= 0.3 is 12.4 Å². The third kappa shape index (κ3) is 5.89. The molecule has 1 aromatic rings. The van der Waals surface area contributed by atoms with Crippen molar-refractivity contribution in [3.8, 4) is 0 Å². The maximum atomic E-state index is 12.7. The monoisotopic (exact) mass is 405 g/mol. The van der Waals surface area contributed by atoms with Crippen LogP contribution in [0.15, 0.2) is 29.2 Å². The third-order valence-corrected chi connectivity index (χ3v) is 5.99. The van der Waals surface area contributed by atoms with Crippen LogP contribution in [0.25, 0.3) is 0 Å². The number of hydrogen-bond acceptors (Lipinski definition) is 3. The van der Waals surface area contributed by atoms with Crippen LogP contribution in [0.4, 0.5) is 26.3 Å². The molecule has 0 heterocycles. The van der Waals surface area contributed by atoms with Crippen LogP contribution in [0, 0.1) is 0 Å². The molecule has 4 nitrogen and oxygen atoms in total. The topological polar surface area (TPSA) is 63.2 Å². The minimum atomic E-state index is -4.75. The highest BCUT2D eigenvalue weighted by atomic mass is 32.2. The maximum Gasteiger partial charge on any atom is 0.416 e. The minimum Gasteiger partial charge on any atom is -0.356 e. The Morgan fingerprint density at radius 2 is 1.65 bits per heavy atom. The summed E-state index contributed by atoms with van der Waals surface area (Å²) in [6.45, 7) is 1.51. The SMILES string of the molecule is CC(C)(CC(=O)NCCC(F)(F)F)S(=O)(=O)c1cccc(C(F)(F)F)c1. The number of hydrogen-bond donors (Lipinski definition) is 1. The molecule has 1 rings (SSSR count). The number of halogens is 6. The lowest BCUT2D eigenvalue weighted by atomic mass is 10.1. The van der Waals surface area contributed by atoms with Gasteiger partial charge in [-0.3, -0.25) is 4.79 Å². The summed E-state index contributed by atoms with van der Waals surface area (Å²) in [5, 5.41) is 1.95. The van der Waals surface area contributed by atoms with Crippen molar-refractivity contribution in [2.45, 2.75) is 48.7 Å². The molecule has 0 saturated carbocycles. The molecule has 0 spiro atoms. The molecule has 148 valence electrons. The molecule has 11 heteroatoms. The number of benzene rings is 1. The first-order valence-corrected chi connectivity index (χ1v) is 8.80. The van der Waals surface area contributed by atoms with Crippen molar-refractivity contribution in [1.29, 1.82) is 0 Å². The zero-order valence-electron chi connectivity index (χ0n) is 13.8. The second kappa shape index (κ2) is 7.45. The first-order valence-electron chi connectivity index (χ1n) is 7.32. The third-order valence-electron chi connectivity index (χ3n) is 3.52. The number of alkyl halides is 6. The van der Waals surface area contributed by atoms with Crippen LogP contribution in [0.2, 0.25) is 0 Å². The van der Waals surface area contributed by atoms with Gasteiger partial charge in [-0.05, 0) is 32.0 Å². The molecule has 0 unspecified atom stereocenters. The quantitative estimate of drug-likeness (QED) is 0.734. The van der Waals surface area contributed by atoms with Crippen LogP contribution in [0.3, 0.4) is 0 Å². The van der Waals surface area contributed by atoms with Gasteiger partial charge in [0.2, 0.25) is 5.91 Å². The molecule has 0 aromatic heterocycles. The lowest BCUT2D eigenvalue weighted by Crippen LogP contribution is -2.39. The van der Waals surface area contributed by atoms with Gasteiger partial charge in [0.1, 0.15) is 0 Å². The Balaban J connectivity index is 2.95. The summed E-state index contributed by atoms with van der Waals surface area (Å²) in [6, 6.07) is 3.05. The Kier molecular flexibility index (Phi) is 6.38. The summed E-state index contributed by atoms with van der Waals surface area (Å²) < 4.78 is 97.7. The fraction of sp³-hybridized carbons (Fsp3) is 0.533. The van der Waals surface area contributed by atoms with E-state index in [1.807, 2.05) is 5.32 Å². The summed E-state index contributed by atoms with van der Waals surface area (Å²) in [6.07, 6.45) is -11.2. The molecule has 0 atom stereocenters. The molecular formula is C15H17F6NO3S. The van der Waals surface area contributed by atoms with Crippen LogP contribution in [-0.2, 0) is 20.8 Å². The van der Waals surface area contributed by atoms with Crippen molar-refractivity contribution in [2.75, 3.05) is 6.54 Å². The molecule has 0 aliphatic carbocycles. The molecular weight excluding hydrogens is 388 g/mol. The fourth-order valence-corrected chi connectivity index (χ4v) is 3.55. The molecule has 1 amide bonds. The molecule has 0 aliphatic rings.